The zero-order valence-electron chi connectivity index (χ0n) is 18.6. The van der Waals surface area contributed by atoms with Gasteiger partial charge in [-0.3, -0.25) is 9.48 Å². The van der Waals surface area contributed by atoms with E-state index in [9.17, 15) is 9.59 Å². The van der Waals surface area contributed by atoms with E-state index in [1.54, 1.807) is 29.4 Å². The molecular formula is C22H28ClN5O3S. The number of carbonyl (C=O) groups is 2. The summed E-state index contributed by atoms with van der Waals surface area (Å²) in [4.78, 5) is 26.6. The molecule has 2 aliphatic rings. The van der Waals surface area contributed by atoms with Gasteiger partial charge in [0.05, 0.1) is 17.8 Å². The van der Waals surface area contributed by atoms with Gasteiger partial charge in [-0.1, -0.05) is 23.5 Å². The highest BCUT2D eigenvalue weighted by molar-refractivity contribution is 7.99. The highest BCUT2D eigenvalue weighted by atomic mass is 35.5. The molecule has 2 amide bonds. The molecule has 0 unspecified atom stereocenters. The number of rotatable bonds is 5. The number of amides is 2. The number of nitrogens with one attached hydrogen (secondary N) is 2. The number of hydrogen-bond acceptors (Lipinski definition) is 6. The van der Waals surface area contributed by atoms with Gasteiger partial charge in [0.15, 0.2) is 0 Å². The van der Waals surface area contributed by atoms with Crippen LogP contribution in [0.1, 0.15) is 50.0 Å². The second-order valence-corrected chi connectivity index (χ2v) is 10.6. The lowest BCUT2D eigenvalue weighted by molar-refractivity contribution is -0.0927. The van der Waals surface area contributed by atoms with Crippen LogP contribution in [-0.2, 0) is 4.74 Å². The first-order valence-electron chi connectivity index (χ1n) is 10.5. The van der Waals surface area contributed by atoms with Gasteiger partial charge in [-0.25, -0.2) is 4.79 Å². The third-order valence-corrected chi connectivity index (χ3v) is 6.31. The average Bonchev–Trinajstić information content (AvgIpc) is 3.07. The van der Waals surface area contributed by atoms with Gasteiger partial charge in [0, 0.05) is 47.4 Å². The Hall–Kier alpha value is -2.39. The average molecular weight is 478 g/mol. The predicted octanol–water partition coefficient (Wildman–Crippen LogP) is 5.05. The molecule has 172 valence electrons. The first-order valence-corrected chi connectivity index (χ1v) is 12.1. The van der Waals surface area contributed by atoms with Crippen molar-refractivity contribution in [2.24, 2.45) is 5.41 Å². The van der Waals surface area contributed by atoms with Gasteiger partial charge in [-0.2, -0.15) is 5.10 Å². The molecule has 2 N–H and O–H groups in total. The van der Waals surface area contributed by atoms with Crippen LogP contribution in [0.4, 0.5) is 16.2 Å². The van der Waals surface area contributed by atoms with Gasteiger partial charge >= 0.3 is 6.09 Å². The molecule has 10 heteroatoms. The SMILES string of the molecule is CSNc1cc(Cl)cc(NC(=O)c2cnn(C3CC4(C3)CN(C(=O)OC(C)(C)C)C4)c2)c1. The Labute approximate surface area is 197 Å². The fraction of sp³-hybridized carbons (Fsp3) is 0.500. The summed E-state index contributed by atoms with van der Waals surface area (Å²) in [7, 11) is 0. The topological polar surface area (TPSA) is 88.5 Å². The van der Waals surface area contributed by atoms with Crippen molar-refractivity contribution < 1.29 is 14.3 Å². The van der Waals surface area contributed by atoms with E-state index in [1.165, 1.54) is 11.9 Å². The van der Waals surface area contributed by atoms with E-state index in [2.05, 4.69) is 15.1 Å². The number of aromatic nitrogens is 2. The molecule has 1 aromatic carbocycles. The number of benzene rings is 1. The summed E-state index contributed by atoms with van der Waals surface area (Å²) >= 11 is 7.59. The third kappa shape index (κ3) is 4.99. The largest absolute Gasteiger partial charge is 0.444 e. The van der Waals surface area contributed by atoms with Crippen LogP contribution in [0.5, 0.6) is 0 Å². The van der Waals surface area contributed by atoms with E-state index in [4.69, 9.17) is 16.3 Å². The zero-order chi connectivity index (χ0) is 23.1. The maximum atomic E-state index is 12.7. The molecule has 1 aliphatic carbocycles. The molecule has 1 aliphatic heterocycles. The van der Waals surface area contributed by atoms with Crippen LogP contribution >= 0.6 is 23.5 Å². The minimum absolute atomic E-state index is 0.150. The Balaban J connectivity index is 1.30. The number of carbonyl (C=O) groups excluding carboxylic acids is 2. The molecule has 1 spiro atoms. The van der Waals surface area contributed by atoms with Gasteiger partial charge in [0.1, 0.15) is 5.60 Å². The zero-order valence-corrected chi connectivity index (χ0v) is 20.2. The quantitative estimate of drug-likeness (QED) is 0.586. The van der Waals surface area contributed by atoms with Crippen molar-refractivity contribution in [1.82, 2.24) is 14.7 Å². The van der Waals surface area contributed by atoms with Crippen LogP contribution in [0.25, 0.3) is 0 Å². The van der Waals surface area contributed by atoms with Crippen molar-refractivity contribution in [3.63, 3.8) is 0 Å². The normalized spacial score (nSPS) is 17.5. The summed E-state index contributed by atoms with van der Waals surface area (Å²) in [5.41, 5.74) is 1.60. The smallest absolute Gasteiger partial charge is 0.410 e. The number of ether oxygens (including phenoxy) is 1. The van der Waals surface area contributed by atoms with Gasteiger partial charge in [0.2, 0.25) is 0 Å². The lowest BCUT2D eigenvalue weighted by Crippen LogP contribution is -2.64. The van der Waals surface area contributed by atoms with Crippen molar-refractivity contribution in [3.05, 3.63) is 41.2 Å². The molecule has 8 nitrogen and oxygen atoms in total. The summed E-state index contributed by atoms with van der Waals surface area (Å²) in [6, 6.07) is 5.56. The van der Waals surface area contributed by atoms with Crippen LogP contribution in [0.15, 0.2) is 30.6 Å². The van der Waals surface area contributed by atoms with E-state index < -0.39 is 5.60 Å². The Morgan fingerprint density at radius 2 is 1.91 bits per heavy atom. The molecule has 0 atom stereocenters. The fourth-order valence-corrected chi connectivity index (χ4v) is 4.89. The summed E-state index contributed by atoms with van der Waals surface area (Å²) in [6.07, 6.45) is 6.90. The standard InChI is InChI=1S/C22H28ClN5O3S/c1-21(2,3)31-20(30)27-12-22(13-27)8-18(9-22)28-11-14(10-24-28)19(29)25-16-5-15(23)6-17(7-16)26-32-4/h5-7,10-11,18,26H,8-9,12-13H2,1-4H3,(H,25,29). The Bertz CT molecular complexity index is 1020. The van der Waals surface area contributed by atoms with Crippen molar-refractivity contribution in [3.8, 4) is 0 Å². The van der Waals surface area contributed by atoms with Gasteiger partial charge in [-0.05, 0) is 51.8 Å². The molecule has 0 bridgehead atoms. The lowest BCUT2D eigenvalue weighted by atomic mass is 9.61. The summed E-state index contributed by atoms with van der Waals surface area (Å²) < 4.78 is 10.4. The third-order valence-electron chi connectivity index (χ3n) is 5.65. The second kappa shape index (κ2) is 8.51. The van der Waals surface area contributed by atoms with Crippen molar-refractivity contribution in [1.29, 1.82) is 0 Å². The lowest BCUT2D eigenvalue weighted by Gasteiger charge is -2.58. The van der Waals surface area contributed by atoms with Gasteiger partial charge in [-0.15, -0.1) is 0 Å². The van der Waals surface area contributed by atoms with Gasteiger partial charge < -0.3 is 19.7 Å². The van der Waals surface area contributed by atoms with E-state index in [0.29, 0.717) is 29.4 Å². The molecule has 2 aromatic rings. The molecule has 0 radical (unpaired) electrons. The monoisotopic (exact) mass is 477 g/mol. The van der Waals surface area contributed by atoms with Crippen LogP contribution in [0.2, 0.25) is 5.02 Å². The van der Waals surface area contributed by atoms with Crippen LogP contribution in [-0.4, -0.2) is 51.6 Å². The van der Waals surface area contributed by atoms with E-state index in [0.717, 1.165) is 18.5 Å². The number of likely N-dealkylation sites (tertiary alicyclic amines) is 1. The van der Waals surface area contributed by atoms with E-state index >= 15 is 0 Å². The van der Waals surface area contributed by atoms with Crippen molar-refractivity contribution in [2.45, 2.75) is 45.3 Å². The Kier molecular flexibility index (Phi) is 6.06. The summed E-state index contributed by atoms with van der Waals surface area (Å²) in [5.74, 6) is -0.234. The summed E-state index contributed by atoms with van der Waals surface area (Å²) in [6.45, 7) is 7.05. The van der Waals surface area contributed by atoms with Crippen molar-refractivity contribution >= 4 is 46.9 Å². The number of hydrogen-bond donors (Lipinski definition) is 2. The number of anilines is 2. The molecule has 4 rings (SSSR count). The van der Waals surface area contributed by atoms with Crippen molar-refractivity contribution in [2.75, 3.05) is 29.4 Å². The number of nitrogens with zero attached hydrogens (tertiary/aromatic N) is 3. The van der Waals surface area contributed by atoms with Crippen LogP contribution in [0.3, 0.4) is 0 Å². The first kappa shape index (κ1) is 22.8. The molecular weight excluding hydrogens is 450 g/mol. The second-order valence-electron chi connectivity index (χ2n) is 9.60. The molecule has 2 heterocycles. The summed E-state index contributed by atoms with van der Waals surface area (Å²) in [5, 5.41) is 7.82. The molecule has 1 saturated heterocycles. The maximum Gasteiger partial charge on any atom is 0.410 e. The molecule has 32 heavy (non-hydrogen) atoms. The first-order chi connectivity index (χ1) is 15.1. The fourth-order valence-electron chi connectivity index (χ4n) is 4.30. The van der Waals surface area contributed by atoms with E-state index in [-0.39, 0.29) is 23.5 Å². The highest BCUT2D eigenvalue weighted by Crippen LogP contribution is 2.54. The molecule has 2 fully saturated rings. The molecule has 1 aromatic heterocycles. The predicted molar refractivity (Wildman–Crippen MR) is 127 cm³/mol. The van der Waals surface area contributed by atoms with Gasteiger partial charge in [0.25, 0.3) is 5.91 Å². The van der Waals surface area contributed by atoms with Crippen LogP contribution in [0, 0.1) is 5.41 Å². The van der Waals surface area contributed by atoms with E-state index in [1.807, 2.05) is 37.8 Å². The Morgan fingerprint density at radius 1 is 1.22 bits per heavy atom. The minimum Gasteiger partial charge on any atom is -0.444 e. The number of halogens is 1. The Morgan fingerprint density at radius 3 is 2.56 bits per heavy atom. The molecule has 1 saturated carbocycles. The van der Waals surface area contributed by atoms with Crippen LogP contribution < -0.4 is 10.0 Å². The highest BCUT2D eigenvalue weighted by Gasteiger charge is 2.55. The maximum absolute atomic E-state index is 12.7. The minimum atomic E-state index is -0.480.